The highest BCUT2D eigenvalue weighted by Gasteiger charge is 2.15. The second kappa shape index (κ2) is 6.23. The molecule has 2 aromatic rings. The van der Waals surface area contributed by atoms with Gasteiger partial charge in [-0.15, -0.1) is 10.2 Å². The summed E-state index contributed by atoms with van der Waals surface area (Å²) < 4.78 is 37.2. The molecule has 0 atom stereocenters. The Hall–Kier alpha value is -1.93. The Labute approximate surface area is 123 Å². The van der Waals surface area contributed by atoms with E-state index in [1.54, 1.807) is 19.1 Å². The average Bonchev–Trinajstić information content (AvgIpc) is 2.82. The number of sulfonamides is 1. The second-order valence-electron chi connectivity index (χ2n) is 4.68. The lowest BCUT2D eigenvalue weighted by Crippen LogP contribution is -2.23. The summed E-state index contributed by atoms with van der Waals surface area (Å²) in [5.41, 5.74) is 0. The van der Waals surface area contributed by atoms with Crippen LogP contribution in [-0.4, -0.2) is 24.7 Å². The lowest BCUT2D eigenvalue weighted by molar-refractivity contribution is 0.242. The number of aryl methyl sites for hydroxylation is 1. The molecule has 0 spiro atoms. The van der Waals surface area contributed by atoms with Gasteiger partial charge in [-0.2, -0.15) is 0 Å². The molecule has 0 aliphatic rings. The Morgan fingerprint density at radius 1 is 1.24 bits per heavy atom. The van der Waals surface area contributed by atoms with E-state index in [1.807, 2.05) is 13.8 Å². The summed E-state index contributed by atoms with van der Waals surface area (Å²) in [5.74, 6) is 1.23. The van der Waals surface area contributed by atoms with Crippen LogP contribution in [0.25, 0.3) is 0 Å². The molecule has 114 valence electrons. The van der Waals surface area contributed by atoms with E-state index in [0.717, 1.165) is 0 Å². The molecule has 0 unspecified atom stereocenters. The lowest BCUT2D eigenvalue weighted by atomic mass is 10.3. The molecule has 0 aliphatic carbocycles. The molecule has 1 aromatic heterocycles. The van der Waals surface area contributed by atoms with Crippen molar-refractivity contribution in [2.45, 2.75) is 38.3 Å². The number of benzene rings is 1. The zero-order valence-corrected chi connectivity index (χ0v) is 12.8. The number of nitrogens with one attached hydrogen (secondary N) is 1. The highest BCUT2D eigenvalue weighted by atomic mass is 32.2. The summed E-state index contributed by atoms with van der Waals surface area (Å²) in [6.45, 7) is 5.39. The van der Waals surface area contributed by atoms with Gasteiger partial charge < -0.3 is 9.15 Å². The van der Waals surface area contributed by atoms with Gasteiger partial charge in [0, 0.05) is 6.92 Å². The quantitative estimate of drug-likeness (QED) is 0.871. The SMILES string of the molecule is Cc1nnc(CNS(=O)(=O)c2ccc(OC(C)C)cc2)o1. The molecule has 0 radical (unpaired) electrons. The minimum absolute atomic E-state index is 0.0337. The molecule has 21 heavy (non-hydrogen) atoms. The maximum absolute atomic E-state index is 12.1. The molecule has 1 N–H and O–H groups in total. The monoisotopic (exact) mass is 311 g/mol. The van der Waals surface area contributed by atoms with Crippen LogP contribution >= 0.6 is 0 Å². The zero-order valence-electron chi connectivity index (χ0n) is 12.0. The lowest BCUT2D eigenvalue weighted by Gasteiger charge is -2.10. The van der Waals surface area contributed by atoms with Gasteiger partial charge in [0.05, 0.1) is 17.5 Å². The molecule has 0 aliphatic heterocycles. The smallest absolute Gasteiger partial charge is 0.241 e. The molecule has 0 saturated heterocycles. The Bertz CT molecular complexity index is 692. The van der Waals surface area contributed by atoms with Crippen LogP contribution in [0.2, 0.25) is 0 Å². The predicted octanol–water partition coefficient (Wildman–Crippen LogP) is 1.64. The fraction of sp³-hybridized carbons (Fsp3) is 0.385. The summed E-state index contributed by atoms with van der Waals surface area (Å²) in [7, 11) is -3.63. The van der Waals surface area contributed by atoms with Crippen LogP contribution in [-0.2, 0) is 16.6 Å². The van der Waals surface area contributed by atoms with Crippen LogP contribution in [0.15, 0.2) is 33.6 Å². The summed E-state index contributed by atoms with van der Waals surface area (Å²) >= 11 is 0. The fourth-order valence-corrected chi connectivity index (χ4v) is 2.59. The van der Waals surface area contributed by atoms with Crippen LogP contribution in [0.3, 0.4) is 0 Å². The maximum atomic E-state index is 12.1. The van der Waals surface area contributed by atoms with E-state index in [1.165, 1.54) is 12.1 Å². The predicted molar refractivity (Wildman–Crippen MR) is 75.3 cm³/mol. The number of rotatable bonds is 6. The van der Waals surface area contributed by atoms with Gasteiger partial charge >= 0.3 is 0 Å². The van der Waals surface area contributed by atoms with Crippen LogP contribution in [0.4, 0.5) is 0 Å². The molecule has 8 heteroatoms. The molecule has 2 rings (SSSR count). The third kappa shape index (κ3) is 4.27. The van der Waals surface area contributed by atoms with E-state index in [-0.39, 0.29) is 23.4 Å². The van der Waals surface area contributed by atoms with E-state index >= 15 is 0 Å². The Morgan fingerprint density at radius 3 is 2.43 bits per heavy atom. The van der Waals surface area contributed by atoms with Gasteiger partial charge in [0.15, 0.2) is 0 Å². The number of ether oxygens (including phenoxy) is 1. The molecule has 0 bridgehead atoms. The van der Waals surface area contributed by atoms with E-state index < -0.39 is 10.0 Å². The van der Waals surface area contributed by atoms with E-state index in [9.17, 15) is 8.42 Å². The van der Waals surface area contributed by atoms with Crippen molar-refractivity contribution in [1.29, 1.82) is 0 Å². The Morgan fingerprint density at radius 2 is 1.90 bits per heavy atom. The number of hydrogen-bond donors (Lipinski definition) is 1. The van der Waals surface area contributed by atoms with Crippen molar-refractivity contribution < 1.29 is 17.6 Å². The van der Waals surface area contributed by atoms with Crippen LogP contribution < -0.4 is 9.46 Å². The molecule has 0 fully saturated rings. The second-order valence-corrected chi connectivity index (χ2v) is 6.44. The van der Waals surface area contributed by atoms with Crippen molar-refractivity contribution in [3.8, 4) is 5.75 Å². The third-order valence-electron chi connectivity index (χ3n) is 2.49. The first-order valence-electron chi connectivity index (χ1n) is 6.42. The van der Waals surface area contributed by atoms with Gasteiger partial charge in [-0.05, 0) is 38.1 Å². The highest BCUT2D eigenvalue weighted by molar-refractivity contribution is 7.89. The highest BCUT2D eigenvalue weighted by Crippen LogP contribution is 2.17. The van der Waals surface area contributed by atoms with Gasteiger partial charge in [-0.1, -0.05) is 0 Å². The van der Waals surface area contributed by atoms with E-state index in [2.05, 4.69) is 14.9 Å². The molecular weight excluding hydrogens is 294 g/mol. The molecule has 0 saturated carbocycles. The van der Waals surface area contributed by atoms with Gasteiger partial charge in [0.1, 0.15) is 5.75 Å². The number of hydrogen-bond acceptors (Lipinski definition) is 6. The summed E-state index contributed by atoms with van der Waals surface area (Å²) in [5, 5.41) is 7.36. The van der Waals surface area contributed by atoms with Crippen molar-refractivity contribution >= 4 is 10.0 Å². The van der Waals surface area contributed by atoms with Gasteiger partial charge in [-0.25, -0.2) is 13.1 Å². The number of nitrogens with zero attached hydrogens (tertiary/aromatic N) is 2. The van der Waals surface area contributed by atoms with E-state index in [4.69, 9.17) is 9.15 Å². The Balaban J connectivity index is 2.05. The average molecular weight is 311 g/mol. The van der Waals surface area contributed by atoms with E-state index in [0.29, 0.717) is 11.6 Å². The largest absolute Gasteiger partial charge is 0.491 e. The van der Waals surface area contributed by atoms with Crippen molar-refractivity contribution in [3.63, 3.8) is 0 Å². The first kappa shape index (κ1) is 15.5. The molecule has 0 amide bonds. The zero-order chi connectivity index (χ0) is 15.5. The van der Waals surface area contributed by atoms with Crippen molar-refractivity contribution in [1.82, 2.24) is 14.9 Å². The van der Waals surface area contributed by atoms with Crippen molar-refractivity contribution in [2.24, 2.45) is 0 Å². The van der Waals surface area contributed by atoms with Gasteiger partial charge in [0.25, 0.3) is 0 Å². The van der Waals surface area contributed by atoms with Crippen LogP contribution in [0, 0.1) is 6.92 Å². The number of aromatic nitrogens is 2. The van der Waals surface area contributed by atoms with Crippen LogP contribution in [0.1, 0.15) is 25.6 Å². The topological polar surface area (TPSA) is 94.3 Å². The van der Waals surface area contributed by atoms with Gasteiger partial charge in [0.2, 0.25) is 21.8 Å². The minimum atomic E-state index is -3.63. The molecule has 7 nitrogen and oxygen atoms in total. The molecule has 1 heterocycles. The fourth-order valence-electron chi connectivity index (χ4n) is 1.62. The summed E-state index contributed by atoms with van der Waals surface area (Å²) in [4.78, 5) is 0.148. The summed E-state index contributed by atoms with van der Waals surface area (Å²) in [6, 6.07) is 6.20. The summed E-state index contributed by atoms with van der Waals surface area (Å²) in [6.07, 6.45) is 0.0337. The normalized spacial score (nSPS) is 11.8. The van der Waals surface area contributed by atoms with Crippen molar-refractivity contribution in [2.75, 3.05) is 0 Å². The standard InChI is InChI=1S/C13H17N3O4S/c1-9(2)19-11-4-6-12(7-5-11)21(17,18)14-8-13-16-15-10(3)20-13/h4-7,9,14H,8H2,1-3H3. The van der Waals surface area contributed by atoms with Crippen molar-refractivity contribution in [3.05, 3.63) is 36.0 Å². The third-order valence-corrected chi connectivity index (χ3v) is 3.90. The molecular formula is C13H17N3O4S. The molecule has 1 aromatic carbocycles. The first-order chi connectivity index (χ1) is 9.87. The first-order valence-corrected chi connectivity index (χ1v) is 7.90. The Kier molecular flexibility index (Phi) is 4.59. The van der Waals surface area contributed by atoms with Gasteiger partial charge in [-0.3, -0.25) is 0 Å². The van der Waals surface area contributed by atoms with Crippen LogP contribution in [0.5, 0.6) is 5.75 Å². The maximum Gasteiger partial charge on any atom is 0.241 e. The minimum Gasteiger partial charge on any atom is -0.491 e.